The number of hydrogen-bond acceptors (Lipinski definition) is 3. The first kappa shape index (κ1) is 13.8. The minimum atomic E-state index is -0.144. The van der Waals surface area contributed by atoms with E-state index in [0.717, 1.165) is 6.42 Å². The molecule has 0 radical (unpaired) electrons. The molecule has 0 aliphatic carbocycles. The monoisotopic (exact) mass is 277 g/mol. The predicted molar refractivity (Wildman–Crippen MR) is 78.5 cm³/mol. The summed E-state index contributed by atoms with van der Waals surface area (Å²) in [6.45, 7) is 6.25. The molecule has 0 saturated heterocycles. The van der Waals surface area contributed by atoms with Crippen LogP contribution in [-0.4, -0.2) is 16.0 Å². The standard InChI is InChI=1S/C14H16ClN3O/c1-3-4-9(2)16-8-13-17-12-7-10(15)5-6-11(12)14(19)18-13/h3,5-7,9,16H,1,4,8H2,2H3,(H,17,18,19). The number of H-pyrrole nitrogens is 1. The molecule has 1 atom stereocenters. The van der Waals surface area contributed by atoms with Crippen LogP contribution in [0.4, 0.5) is 0 Å². The summed E-state index contributed by atoms with van der Waals surface area (Å²) in [5.74, 6) is 0.607. The number of rotatable bonds is 5. The Labute approximate surface area is 116 Å². The van der Waals surface area contributed by atoms with Crippen molar-refractivity contribution in [2.75, 3.05) is 0 Å². The van der Waals surface area contributed by atoms with Gasteiger partial charge >= 0.3 is 0 Å². The number of aromatic nitrogens is 2. The van der Waals surface area contributed by atoms with Crippen LogP contribution in [-0.2, 0) is 6.54 Å². The van der Waals surface area contributed by atoms with Gasteiger partial charge in [0, 0.05) is 11.1 Å². The Hall–Kier alpha value is -1.65. The van der Waals surface area contributed by atoms with E-state index in [0.29, 0.717) is 28.3 Å². The van der Waals surface area contributed by atoms with Crippen molar-refractivity contribution in [2.24, 2.45) is 0 Å². The maximum atomic E-state index is 11.9. The fraction of sp³-hybridized carbons (Fsp3) is 0.286. The van der Waals surface area contributed by atoms with Gasteiger partial charge in [-0.15, -0.1) is 6.58 Å². The summed E-state index contributed by atoms with van der Waals surface area (Å²) in [6.07, 6.45) is 2.72. The first-order valence-electron chi connectivity index (χ1n) is 6.13. The molecular formula is C14H16ClN3O. The van der Waals surface area contributed by atoms with Crippen LogP contribution in [0.5, 0.6) is 0 Å². The lowest BCUT2D eigenvalue weighted by atomic mass is 10.2. The molecule has 0 saturated carbocycles. The molecule has 0 aliphatic rings. The van der Waals surface area contributed by atoms with Crippen LogP contribution < -0.4 is 10.9 Å². The zero-order valence-electron chi connectivity index (χ0n) is 10.7. The Bertz CT molecular complexity index is 651. The lowest BCUT2D eigenvalue weighted by molar-refractivity contribution is 0.541. The highest BCUT2D eigenvalue weighted by Gasteiger charge is 2.05. The molecule has 2 aromatic rings. The van der Waals surface area contributed by atoms with Gasteiger partial charge in [0.2, 0.25) is 0 Å². The van der Waals surface area contributed by atoms with Crippen molar-refractivity contribution < 1.29 is 0 Å². The molecule has 1 heterocycles. The number of nitrogens with one attached hydrogen (secondary N) is 2. The highest BCUT2D eigenvalue weighted by atomic mass is 35.5. The van der Waals surface area contributed by atoms with Crippen LogP contribution in [0.2, 0.25) is 5.02 Å². The number of fused-ring (bicyclic) bond motifs is 1. The zero-order valence-corrected chi connectivity index (χ0v) is 11.5. The van der Waals surface area contributed by atoms with Gasteiger partial charge in [0.15, 0.2) is 0 Å². The van der Waals surface area contributed by atoms with Crippen molar-refractivity contribution in [2.45, 2.75) is 25.9 Å². The van der Waals surface area contributed by atoms with Gasteiger partial charge in [-0.3, -0.25) is 4.79 Å². The van der Waals surface area contributed by atoms with Gasteiger partial charge in [-0.2, -0.15) is 0 Å². The third kappa shape index (κ3) is 3.43. The number of halogens is 1. The van der Waals surface area contributed by atoms with Crippen LogP contribution in [0.1, 0.15) is 19.2 Å². The molecule has 1 aromatic carbocycles. The van der Waals surface area contributed by atoms with E-state index in [-0.39, 0.29) is 11.6 Å². The van der Waals surface area contributed by atoms with E-state index in [1.54, 1.807) is 18.2 Å². The van der Waals surface area contributed by atoms with Crippen molar-refractivity contribution in [3.05, 3.63) is 52.1 Å². The van der Waals surface area contributed by atoms with E-state index >= 15 is 0 Å². The van der Waals surface area contributed by atoms with Crippen molar-refractivity contribution in [1.29, 1.82) is 0 Å². The molecule has 2 N–H and O–H groups in total. The second kappa shape index (κ2) is 5.99. The summed E-state index contributed by atoms with van der Waals surface area (Å²) < 4.78 is 0. The summed E-state index contributed by atoms with van der Waals surface area (Å²) in [5.41, 5.74) is 0.472. The van der Waals surface area contributed by atoms with E-state index in [4.69, 9.17) is 11.6 Å². The first-order chi connectivity index (χ1) is 9.10. The van der Waals surface area contributed by atoms with Gasteiger partial charge in [0.05, 0.1) is 17.4 Å². The van der Waals surface area contributed by atoms with Crippen molar-refractivity contribution in [3.63, 3.8) is 0 Å². The average Bonchev–Trinajstić information content (AvgIpc) is 2.36. The van der Waals surface area contributed by atoms with E-state index in [2.05, 4.69) is 28.8 Å². The zero-order chi connectivity index (χ0) is 13.8. The second-order valence-electron chi connectivity index (χ2n) is 4.48. The van der Waals surface area contributed by atoms with Gasteiger partial charge in [-0.1, -0.05) is 17.7 Å². The molecule has 0 bridgehead atoms. The number of aromatic amines is 1. The fourth-order valence-corrected chi connectivity index (χ4v) is 2.02. The molecule has 4 nitrogen and oxygen atoms in total. The quantitative estimate of drug-likeness (QED) is 0.826. The molecule has 19 heavy (non-hydrogen) atoms. The lowest BCUT2D eigenvalue weighted by Crippen LogP contribution is -2.27. The second-order valence-corrected chi connectivity index (χ2v) is 4.92. The third-order valence-corrected chi connectivity index (χ3v) is 3.09. The minimum Gasteiger partial charge on any atom is -0.309 e. The number of nitrogens with zero attached hydrogens (tertiary/aromatic N) is 1. The molecule has 5 heteroatoms. The Kier molecular flexibility index (Phi) is 4.35. The smallest absolute Gasteiger partial charge is 0.258 e. The average molecular weight is 278 g/mol. The molecule has 0 spiro atoms. The van der Waals surface area contributed by atoms with E-state index < -0.39 is 0 Å². The van der Waals surface area contributed by atoms with Crippen molar-refractivity contribution in [1.82, 2.24) is 15.3 Å². The maximum absolute atomic E-state index is 11.9. The van der Waals surface area contributed by atoms with Gasteiger partial charge in [0.25, 0.3) is 5.56 Å². The van der Waals surface area contributed by atoms with Gasteiger partial charge in [-0.25, -0.2) is 4.98 Å². The van der Waals surface area contributed by atoms with Crippen LogP contribution in [0.25, 0.3) is 10.9 Å². The number of benzene rings is 1. The van der Waals surface area contributed by atoms with E-state index in [1.165, 1.54) is 0 Å². The van der Waals surface area contributed by atoms with Crippen LogP contribution in [0, 0.1) is 0 Å². The molecule has 0 aliphatic heterocycles. The van der Waals surface area contributed by atoms with Crippen LogP contribution >= 0.6 is 11.6 Å². The normalized spacial score (nSPS) is 12.5. The summed E-state index contributed by atoms with van der Waals surface area (Å²) in [4.78, 5) is 19.1. The Morgan fingerprint density at radius 2 is 2.37 bits per heavy atom. The predicted octanol–water partition coefficient (Wildman–Crippen LogP) is 2.63. The minimum absolute atomic E-state index is 0.144. The Balaban J connectivity index is 2.25. The van der Waals surface area contributed by atoms with Crippen molar-refractivity contribution in [3.8, 4) is 0 Å². The molecule has 100 valence electrons. The molecule has 0 amide bonds. The van der Waals surface area contributed by atoms with E-state index in [9.17, 15) is 4.79 Å². The largest absolute Gasteiger partial charge is 0.309 e. The van der Waals surface area contributed by atoms with E-state index in [1.807, 2.05) is 6.08 Å². The lowest BCUT2D eigenvalue weighted by Gasteiger charge is -2.11. The Morgan fingerprint density at radius 3 is 3.11 bits per heavy atom. The molecule has 2 rings (SSSR count). The molecule has 1 unspecified atom stereocenters. The third-order valence-electron chi connectivity index (χ3n) is 2.86. The molecule has 0 fully saturated rings. The fourth-order valence-electron chi connectivity index (χ4n) is 1.85. The van der Waals surface area contributed by atoms with Gasteiger partial charge in [0.1, 0.15) is 5.82 Å². The summed E-state index contributed by atoms with van der Waals surface area (Å²) in [6, 6.07) is 5.35. The van der Waals surface area contributed by atoms with Gasteiger partial charge in [-0.05, 0) is 31.5 Å². The topological polar surface area (TPSA) is 57.8 Å². The molecule has 1 aromatic heterocycles. The maximum Gasteiger partial charge on any atom is 0.258 e. The highest BCUT2D eigenvalue weighted by Crippen LogP contribution is 2.14. The first-order valence-corrected chi connectivity index (χ1v) is 6.50. The highest BCUT2D eigenvalue weighted by molar-refractivity contribution is 6.31. The van der Waals surface area contributed by atoms with Crippen LogP contribution in [0.15, 0.2) is 35.6 Å². The van der Waals surface area contributed by atoms with Crippen LogP contribution in [0.3, 0.4) is 0 Å². The number of hydrogen-bond donors (Lipinski definition) is 2. The summed E-state index contributed by atoms with van der Waals surface area (Å²) in [7, 11) is 0. The van der Waals surface area contributed by atoms with Gasteiger partial charge < -0.3 is 10.3 Å². The summed E-state index contributed by atoms with van der Waals surface area (Å²) >= 11 is 5.91. The SMILES string of the molecule is C=CCC(C)NCc1nc2cc(Cl)ccc2c(=O)[nH]1. The summed E-state index contributed by atoms with van der Waals surface area (Å²) in [5, 5.41) is 4.39. The van der Waals surface area contributed by atoms with Crippen molar-refractivity contribution >= 4 is 22.5 Å². The molecular weight excluding hydrogens is 262 g/mol. The Morgan fingerprint density at radius 1 is 1.58 bits per heavy atom.